The molecule has 0 unspecified atom stereocenters. The Balaban J connectivity index is 2.63. The molecule has 112 valence electrons. The Hall–Kier alpha value is -0.950. The van der Waals surface area contributed by atoms with Crippen LogP contribution in [0.5, 0.6) is 5.75 Å². The minimum absolute atomic E-state index is 0.222. The van der Waals surface area contributed by atoms with Crippen LogP contribution < -0.4 is 10.1 Å². The van der Waals surface area contributed by atoms with Crippen molar-refractivity contribution in [3.05, 3.63) is 23.2 Å². The number of carbonyl (C=O) groups excluding carboxylic acids is 1. The third-order valence-electron chi connectivity index (χ3n) is 2.54. The van der Waals surface area contributed by atoms with Crippen LogP contribution >= 0.6 is 23.4 Å². The average Bonchev–Trinajstić information content (AvgIpc) is 2.44. The van der Waals surface area contributed by atoms with E-state index in [1.807, 2.05) is 0 Å². The van der Waals surface area contributed by atoms with Gasteiger partial charge in [-0.05, 0) is 25.1 Å². The summed E-state index contributed by atoms with van der Waals surface area (Å²) >= 11 is 7.14. The number of methoxy groups -OCH3 is 1. The Kier molecular flexibility index (Phi) is 7.15. The predicted octanol–water partition coefficient (Wildman–Crippen LogP) is 1.76. The molecular weight excluding hydrogens is 302 g/mol. The molecule has 0 fully saturated rings. The second-order valence-electron chi connectivity index (χ2n) is 4.15. The van der Waals surface area contributed by atoms with Crippen LogP contribution in [0, 0.1) is 0 Å². The Morgan fingerprint density at radius 2 is 2.25 bits per heavy atom. The number of aliphatic hydroxyl groups is 2. The molecule has 7 heteroatoms. The third kappa shape index (κ3) is 5.20. The molecule has 0 aliphatic rings. The molecule has 0 aliphatic carbocycles. The number of benzene rings is 1. The highest BCUT2D eigenvalue weighted by molar-refractivity contribution is 8.00. The summed E-state index contributed by atoms with van der Waals surface area (Å²) in [5, 5.41) is 20.8. The highest BCUT2D eigenvalue weighted by Crippen LogP contribution is 2.28. The van der Waals surface area contributed by atoms with Crippen LogP contribution in [-0.4, -0.2) is 46.9 Å². The third-order valence-corrected chi connectivity index (χ3v) is 4.06. The van der Waals surface area contributed by atoms with Gasteiger partial charge >= 0.3 is 0 Å². The average molecular weight is 320 g/mol. The van der Waals surface area contributed by atoms with Crippen molar-refractivity contribution in [3.8, 4) is 5.75 Å². The number of hydrogen-bond acceptors (Lipinski definition) is 5. The molecule has 1 aromatic carbocycles. The van der Waals surface area contributed by atoms with E-state index in [9.17, 15) is 9.90 Å². The van der Waals surface area contributed by atoms with Gasteiger partial charge in [0.15, 0.2) is 0 Å². The number of carbonyl (C=O) groups is 1. The Labute approximate surface area is 127 Å². The molecule has 1 amide bonds. The Morgan fingerprint density at radius 1 is 1.55 bits per heavy atom. The monoisotopic (exact) mass is 319 g/mol. The molecule has 0 aliphatic heterocycles. The lowest BCUT2D eigenvalue weighted by Gasteiger charge is -2.15. The highest BCUT2D eigenvalue weighted by Gasteiger charge is 2.17. The van der Waals surface area contributed by atoms with Crippen LogP contribution in [-0.2, 0) is 4.79 Å². The van der Waals surface area contributed by atoms with Gasteiger partial charge in [0.05, 0.1) is 30.8 Å². The Bertz CT molecular complexity index is 458. The molecule has 0 radical (unpaired) electrons. The molecule has 3 N–H and O–H groups in total. The maximum atomic E-state index is 12.0. The first-order chi connectivity index (χ1) is 9.47. The molecule has 0 saturated carbocycles. The van der Waals surface area contributed by atoms with Gasteiger partial charge in [0.1, 0.15) is 5.75 Å². The van der Waals surface area contributed by atoms with Gasteiger partial charge in [0, 0.05) is 10.8 Å². The summed E-state index contributed by atoms with van der Waals surface area (Å²) in [6.45, 7) is 1.41. The molecule has 5 nitrogen and oxygen atoms in total. The summed E-state index contributed by atoms with van der Waals surface area (Å²) in [6, 6.07) is 4.95. The predicted molar refractivity (Wildman–Crippen MR) is 81.6 cm³/mol. The van der Waals surface area contributed by atoms with Crippen LogP contribution in [0.1, 0.15) is 6.92 Å². The van der Waals surface area contributed by atoms with Crippen LogP contribution in [0.4, 0.5) is 5.69 Å². The number of amides is 1. The van der Waals surface area contributed by atoms with Crippen LogP contribution in [0.25, 0.3) is 0 Å². The van der Waals surface area contributed by atoms with Crippen molar-refractivity contribution in [2.75, 3.05) is 24.8 Å². The number of nitrogens with one attached hydrogen (secondary N) is 1. The number of halogens is 1. The summed E-state index contributed by atoms with van der Waals surface area (Å²) in [7, 11) is 1.51. The largest absolute Gasteiger partial charge is 0.495 e. The molecule has 0 spiro atoms. The zero-order chi connectivity index (χ0) is 15.1. The van der Waals surface area contributed by atoms with E-state index in [4.69, 9.17) is 21.4 Å². The lowest BCUT2D eigenvalue weighted by molar-refractivity contribution is -0.115. The fourth-order valence-corrected chi connectivity index (χ4v) is 2.39. The number of anilines is 1. The van der Waals surface area contributed by atoms with Crippen molar-refractivity contribution in [2.45, 2.75) is 18.3 Å². The molecule has 0 aromatic heterocycles. The van der Waals surface area contributed by atoms with E-state index in [0.29, 0.717) is 16.5 Å². The second-order valence-corrected chi connectivity index (χ2v) is 5.96. The standard InChI is InChI=1S/C13H18ClNO4S/c1-8(20-7-10(17)6-16)13(18)15-11-5-9(14)3-4-12(11)19-2/h3-5,8,10,16-17H,6-7H2,1-2H3,(H,15,18)/t8-,10-/m1/s1. The summed E-state index contributed by atoms with van der Waals surface area (Å²) in [5.74, 6) is 0.591. The summed E-state index contributed by atoms with van der Waals surface area (Å²) in [5.41, 5.74) is 0.500. The maximum absolute atomic E-state index is 12.0. The molecule has 0 bridgehead atoms. The normalized spacial score (nSPS) is 13.7. The summed E-state index contributed by atoms with van der Waals surface area (Å²) in [4.78, 5) is 12.0. The van der Waals surface area contributed by atoms with Crippen molar-refractivity contribution in [1.82, 2.24) is 0 Å². The van der Waals surface area contributed by atoms with E-state index in [1.54, 1.807) is 25.1 Å². The first-order valence-electron chi connectivity index (χ1n) is 6.02. The molecule has 0 heterocycles. The van der Waals surface area contributed by atoms with Gasteiger partial charge in [-0.15, -0.1) is 11.8 Å². The van der Waals surface area contributed by atoms with Crippen molar-refractivity contribution in [1.29, 1.82) is 0 Å². The number of rotatable bonds is 7. The molecule has 1 aromatic rings. The van der Waals surface area contributed by atoms with Crippen molar-refractivity contribution >= 4 is 35.0 Å². The zero-order valence-corrected chi connectivity index (χ0v) is 12.9. The lowest BCUT2D eigenvalue weighted by Crippen LogP contribution is -2.25. The first-order valence-corrected chi connectivity index (χ1v) is 7.45. The van der Waals surface area contributed by atoms with Crippen LogP contribution in [0.15, 0.2) is 18.2 Å². The maximum Gasteiger partial charge on any atom is 0.237 e. The second kappa shape index (κ2) is 8.36. The van der Waals surface area contributed by atoms with E-state index in [-0.39, 0.29) is 23.5 Å². The van der Waals surface area contributed by atoms with E-state index in [2.05, 4.69) is 5.32 Å². The first kappa shape index (κ1) is 17.1. The minimum atomic E-state index is -0.823. The molecule has 20 heavy (non-hydrogen) atoms. The van der Waals surface area contributed by atoms with Gasteiger partial charge in [-0.1, -0.05) is 11.6 Å². The molecule has 2 atom stereocenters. The quantitative estimate of drug-likeness (QED) is 0.714. The van der Waals surface area contributed by atoms with Crippen LogP contribution in [0.2, 0.25) is 5.02 Å². The molecular formula is C13H18ClNO4S. The smallest absolute Gasteiger partial charge is 0.237 e. The summed E-state index contributed by atoms with van der Waals surface area (Å²) in [6.07, 6.45) is -0.823. The van der Waals surface area contributed by atoms with Crippen LogP contribution in [0.3, 0.4) is 0 Å². The van der Waals surface area contributed by atoms with E-state index >= 15 is 0 Å². The fourth-order valence-electron chi connectivity index (χ4n) is 1.40. The minimum Gasteiger partial charge on any atom is -0.495 e. The van der Waals surface area contributed by atoms with Crippen molar-refractivity contribution in [2.24, 2.45) is 0 Å². The van der Waals surface area contributed by atoms with Gasteiger partial charge in [-0.3, -0.25) is 4.79 Å². The van der Waals surface area contributed by atoms with Gasteiger partial charge in [0.2, 0.25) is 5.91 Å². The Morgan fingerprint density at radius 3 is 2.85 bits per heavy atom. The van der Waals surface area contributed by atoms with E-state index in [1.165, 1.54) is 18.9 Å². The number of aliphatic hydroxyl groups excluding tert-OH is 2. The number of hydrogen-bond donors (Lipinski definition) is 3. The van der Waals surface area contributed by atoms with Crippen molar-refractivity contribution in [3.63, 3.8) is 0 Å². The van der Waals surface area contributed by atoms with Crippen molar-refractivity contribution < 1.29 is 19.7 Å². The molecule has 1 rings (SSSR count). The van der Waals surface area contributed by atoms with Gasteiger partial charge in [0.25, 0.3) is 0 Å². The highest BCUT2D eigenvalue weighted by atomic mass is 35.5. The topological polar surface area (TPSA) is 78.8 Å². The van der Waals surface area contributed by atoms with Gasteiger partial charge in [-0.25, -0.2) is 0 Å². The number of ether oxygens (including phenoxy) is 1. The SMILES string of the molecule is COc1ccc(Cl)cc1NC(=O)[C@@H](C)SC[C@H](O)CO. The lowest BCUT2D eigenvalue weighted by atomic mass is 10.3. The van der Waals surface area contributed by atoms with Gasteiger partial charge < -0.3 is 20.3 Å². The number of thioether (sulfide) groups is 1. The van der Waals surface area contributed by atoms with E-state index < -0.39 is 6.10 Å². The molecule has 0 saturated heterocycles. The van der Waals surface area contributed by atoms with E-state index in [0.717, 1.165) is 0 Å². The summed E-state index contributed by atoms with van der Waals surface area (Å²) < 4.78 is 5.14. The fraction of sp³-hybridized carbons (Fsp3) is 0.462. The zero-order valence-electron chi connectivity index (χ0n) is 11.3. The van der Waals surface area contributed by atoms with Gasteiger partial charge in [-0.2, -0.15) is 0 Å².